The third kappa shape index (κ3) is 3.86. The van der Waals surface area contributed by atoms with Crippen LogP contribution in [0, 0.1) is 5.82 Å². The number of amides is 1. The van der Waals surface area contributed by atoms with Crippen LogP contribution in [0.3, 0.4) is 0 Å². The SMILES string of the molecule is C[C@H](c1ccc(F)cc1)n1c(-c2cccc(/C=C/C(=O)NO)c2)nc2ccccc21. The number of hydrogen-bond acceptors (Lipinski definition) is 3. The van der Waals surface area contributed by atoms with E-state index in [0.717, 1.165) is 33.5 Å². The Kier molecular flexibility index (Phi) is 5.41. The molecule has 0 fully saturated rings. The number of aromatic nitrogens is 2. The van der Waals surface area contributed by atoms with Gasteiger partial charge in [0.1, 0.15) is 11.6 Å². The van der Waals surface area contributed by atoms with E-state index in [1.807, 2.05) is 48.5 Å². The van der Waals surface area contributed by atoms with Crippen molar-refractivity contribution in [2.75, 3.05) is 0 Å². The molecule has 1 heterocycles. The maximum Gasteiger partial charge on any atom is 0.267 e. The molecule has 30 heavy (non-hydrogen) atoms. The van der Waals surface area contributed by atoms with Crippen molar-refractivity contribution in [3.05, 3.63) is 95.8 Å². The lowest BCUT2D eigenvalue weighted by atomic mass is 10.1. The molecule has 0 radical (unpaired) electrons. The molecule has 4 rings (SSSR count). The van der Waals surface area contributed by atoms with E-state index in [9.17, 15) is 9.18 Å². The molecule has 4 aromatic rings. The predicted molar refractivity (Wildman–Crippen MR) is 114 cm³/mol. The number of carbonyl (C=O) groups is 1. The van der Waals surface area contributed by atoms with Gasteiger partial charge in [-0.15, -0.1) is 0 Å². The Labute approximate surface area is 173 Å². The number of benzene rings is 3. The molecule has 6 heteroatoms. The van der Waals surface area contributed by atoms with Gasteiger partial charge in [-0.1, -0.05) is 42.5 Å². The molecular weight excluding hydrogens is 381 g/mol. The van der Waals surface area contributed by atoms with Crippen LogP contribution in [0.5, 0.6) is 0 Å². The van der Waals surface area contributed by atoms with Gasteiger partial charge in [-0.25, -0.2) is 14.9 Å². The number of halogens is 1. The van der Waals surface area contributed by atoms with Gasteiger partial charge in [0, 0.05) is 11.6 Å². The number of nitrogens with zero attached hydrogens (tertiary/aromatic N) is 2. The maximum absolute atomic E-state index is 13.4. The van der Waals surface area contributed by atoms with Gasteiger partial charge in [-0.05, 0) is 54.5 Å². The second kappa shape index (κ2) is 8.31. The predicted octanol–water partition coefficient (Wildman–Crippen LogP) is 4.97. The van der Waals surface area contributed by atoms with Crippen LogP contribution in [0.2, 0.25) is 0 Å². The fourth-order valence-corrected chi connectivity index (χ4v) is 3.52. The van der Waals surface area contributed by atoms with Crippen LogP contribution >= 0.6 is 0 Å². The van der Waals surface area contributed by atoms with Gasteiger partial charge in [-0.2, -0.15) is 0 Å². The average Bonchev–Trinajstić information content (AvgIpc) is 3.17. The standard InChI is InChI=1S/C24H20FN3O2/c1-16(18-10-12-20(25)13-11-18)28-22-8-3-2-7-21(22)26-24(28)19-6-4-5-17(15-19)9-14-23(29)27-30/h2-16,30H,1H3,(H,27,29)/b14-9+/t16-/m1/s1. The molecule has 0 aliphatic carbocycles. The lowest BCUT2D eigenvalue weighted by Crippen LogP contribution is -2.14. The molecule has 0 bridgehead atoms. The number of carbonyl (C=O) groups excluding carboxylic acids is 1. The molecule has 1 atom stereocenters. The summed E-state index contributed by atoms with van der Waals surface area (Å²) in [5.41, 5.74) is 6.06. The first-order valence-corrected chi connectivity index (χ1v) is 9.52. The van der Waals surface area contributed by atoms with Crippen LogP contribution in [-0.2, 0) is 4.79 Å². The van der Waals surface area contributed by atoms with Gasteiger partial charge in [0.15, 0.2) is 0 Å². The van der Waals surface area contributed by atoms with Gasteiger partial charge >= 0.3 is 0 Å². The molecular formula is C24H20FN3O2. The summed E-state index contributed by atoms with van der Waals surface area (Å²) >= 11 is 0. The van der Waals surface area contributed by atoms with Gasteiger partial charge in [-0.3, -0.25) is 10.0 Å². The van der Waals surface area contributed by atoms with Crippen molar-refractivity contribution in [1.82, 2.24) is 15.0 Å². The van der Waals surface area contributed by atoms with E-state index in [1.165, 1.54) is 18.2 Å². The second-order valence-electron chi connectivity index (χ2n) is 6.96. The van der Waals surface area contributed by atoms with Crippen molar-refractivity contribution >= 4 is 23.0 Å². The fraction of sp³-hybridized carbons (Fsp3) is 0.0833. The topological polar surface area (TPSA) is 67.2 Å². The Hall–Kier alpha value is -3.77. The van der Waals surface area contributed by atoms with E-state index in [1.54, 1.807) is 23.7 Å². The Bertz CT molecular complexity index is 1230. The van der Waals surface area contributed by atoms with Crippen LogP contribution in [0.4, 0.5) is 4.39 Å². The second-order valence-corrected chi connectivity index (χ2v) is 6.96. The quantitative estimate of drug-likeness (QED) is 0.282. The fourth-order valence-electron chi connectivity index (χ4n) is 3.52. The summed E-state index contributed by atoms with van der Waals surface area (Å²) in [7, 11) is 0. The lowest BCUT2D eigenvalue weighted by Gasteiger charge is -2.18. The minimum Gasteiger partial charge on any atom is -0.317 e. The normalized spacial score (nSPS) is 12.4. The van der Waals surface area contributed by atoms with E-state index in [0.29, 0.717) is 0 Å². The smallest absolute Gasteiger partial charge is 0.267 e. The number of nitrogens with one attached hydrogen (secondary N) is 1. The third-order valence-electron chi connectivity index (χ3n) is 5.02. The number of rotatable bonds is 5. The van der Waals surface area contributed by atoms with Crippen LogP contribution in [-0.4, -0.2) is 20.7 Å². The lowest BCUT2D eigenvalue weighted by molar-refractivity contribution is -0.124. The molecule has 0 aliphatic heterocycles. The van der Waals surface area contributed by atoms with E-state index in [-0.39, 0.29) is 11.9 Å². The summed E-state index contributed by atoms with van der Waals surface area (Å²) in [6.07, 6.45) is 2.87. The Morgan fingerprint density at radius 2 is 1.87 bits per heavy atom. The maximum atomic E-state index is 13.4. The molecule has 2 N–H and O–H groups in total. The summed E-state index contributed by atoms with van der Waals surface area (Å²) in [6, 6.07) is 21.9. The number of hydrogen-bond donors (Lipinski definition) is 2. The van der Waals surface area contributed by atoms with Crippen molar-refractivity contribution in [2.45, 2.75) is 13.0 Å². The number of para-hydroxylation sites is 2. The Morgan fingerprint density at radius 1 is 1.10 bits per heavy atom. The monoisotopic (exact) mass is 401 g/mol. The highest BCUT2D eigenvalue weighted by Crippen LogP contribution is 2.32. The number of fused-ring (bicyclic) bond motifs is 1. The molecule has 5 nitrogen and oxygen atoms in total. The van der Waals surface area contributed by atoms with Crippen molar-refractivity contribution in [2.24, 2.45) is 0 Å². The molecule has 3 aromatic carbocycles. The minimum absolute atomic E-state index is 0.0765. The van der Waals surface area contributed by atoms with Crippen LogP contribution in [0.1, 0.15) is 24.1 Å². The molecule has 0 aliphatic rings. The largest absolute Gasteiger partial charge is 0.317 e. The summed E-state index contributed by atoms with van der Waals surface area (Å²) in [4.78, 5) is 16.1. The third-order valence-corrected chi connectivity index (χ3v) is 5.02. The number of imidazole rings is 1. The van der Waals surface area contributed by atoms with Crippen LogP contribution in [0.25, 0.3) is 28.5 Å². The van der Waals surface area contributed by atoms with Crippen molar-refractivity contribution in [3.8, 4) is 11.4 Å². The van der Waals surface area contributed by atoms with Gasteiger partial charge < -0.3 is 4.57 Å². The molecule has 0 unspecified atom stereocenters. The van der Waals surface area contributed by atoms with Crippen LogP contribution in [0.15, 0.2) is 78.9 Å². The van der Waals surface area contributed by atoms with E-state index in [2.05, 4.69) is 11.5 Å². The van der Waals surface area contributed by atoms with Crippen LogP contribution < -0.4 is 5.48 Å². The molecule has 1 amide bonds. The summed E-state index contributed by atoms with van der Waals surface area (Å²) in [6.45, 7) is 2.06. The summed E-state index contributed by atoms with van der Waals surface area (Å²) in [5, 5.41) is 8.66. The summed E-state index contributed by atoms with van der Waals surface area (Å²) < 4.78 is 15.6. The number of hydroxylamine groups is 1. The molecule has 1 aromatic heterocycles. The van der Waals surface area contributed by atoms with Gasteiger partial charge in [0.2, 0.25) is 0 Å². The van der Waals surface area contributed by atoms with Crippen molar-refractivity contribution in [3.63, 3.8) is 0 Å². The molecule has 0 saturated heterocycles. The van der Waals surface area contributed by atoms with Gasteiger partial charge in [0.05, 0.1) is 17.1 Å². The molecule has 0 spiro atoms. The van der Waals surface area contributed by atoms with E-state index < -0.39 is 5.91 Å². The first kappa shape index (κ1) is 19.5. The van der Waals surface area contributed by atoms with Crippen molar-refractivity contribution in [1.29, 1.82) is 0 Å². The Morgan fingerprint density at radius 3 is 2.63 bits per heavy atom. The van der Waals surface area contributed by atoms with E-state index in [4.69, 9.17) is 10.2 Å². The zero-order valence-electron chi connectivity index (χ0n) is 16.3. The first-order chi connectivity index (χ1) is 14.6. The van der Waals surface area contributed by atoms with E-state index >= 15 is 0 Å². The average molecular weight is 401 g/mol. The Balaban J connectivity index is 1.84. The highest BCUT2D eigenvalue weighted by molar-refractivity contribution is 5.91. The highest BCUT2D eigenvalue weighted by Gasteiger charge is 2.18. The molecule has 150 valence electrons. The highest BCUT2D eigenvalue weighted by atomic mass is 19.1. The zero-order valence-corrected chi connectivity index (χ0v) is 16.3. The van der Waals surface area contributed by atoms with Crippen molar-refractivity contribution < 1.29 is 14.4 Å². The van der Waals surface area contributed by atoms with Gasteiger partial charge in [0.25, 0.3) is 5.91 Å². The minimum atomic E-state index is -0.599. The summed E-state index contributed by atoms with van der Waals surface area (Å²) in [5.74, 6) is -0.0967. The molecule has 0 saturated carbocycles. The first-order valence-electron chi connectivity index (χ1n) is 9.52. The zero-order chi connectivity index (χ0) is 21.1.